The minimum Gasteiger partial charge on any atom is -0.372 e. The Kier molecular flexibility index (Phi) is 6.91. The maximum Gasteiger partial charge on any atom is 0.416 e. The van der Waals surface area contributed by atoms with Crippen molar-refractivity contribution in [1.29, 1.82) is 0 Å². The van der Waals surface area contributed by atoms with Gasteiger partial charge in [0.2, 0.25) is 5.91 Å². The molecule has 0 bridgehead atoms. The van der Waals surface area contributed by atoms with Crippen LogP contribution in [0.1, 0.15) is 48.0 Å². The fourth-order valence-electron chi connectivity index (χ4n) is 4.48. The number of nitrogens with one attached hydrogen (secondary N) is 1. The minimum absolute atomic E-state index is 0.0673. The van der Waals surface area contributed by atoms with Gasteiger partial charge in [0, 0.05) is 49.0 Å². The molecule has 0 aliphatic carbocycles. The molecule has 176 valence electrons. The van der Waals surface area contributed by atoms with Crippen molar-refractivity contribution >= 4 is 23.2 Å². The van der Waals surface area contributed by atoms with Gasteiger partial charge in [0.1, 0.15) is 0 Å². The molecular weight excluding hydrogens is 431 g/mol. The van der Waals surface area contributed by atoms with Crippen molar-refractivity contribution in [3.63, 3.8) is 0 Å². The zero-order valence-corrected chi connectivity index (χ0v) is 18.4. The van der Waals surface area contributed by atoms with Gasteiger partial charge in [-0.25, -0.2) is 0 Å². The Morgan fingerprint density at radius 2 is 1.42 bits per heavy atom. The number of hydrogen-bond acceptors (Lipinski definition) is 3. The Morgan fingerprint density at radius 1 is 0.818 bits per heavy atom. The highest BCUT2D eigenvalue weighted by atomic mass is 19.4. The van der Waals surface area contributed by atoms with Crippen LogP contribution < -0.4 is 10.2 Å². The molecule has 2 aliphatic rings. The van der Waals surface area contributed by atoms with Crippen LogP contribution >= 0.6 is 0 Å². The first-order chi connectivity index (χ1) is 15.8. The van der Waals surface area contributed by atoms with Crippen LogP contribution in [0.5, 0.6) is 0 Å². The quantitative estimate of drug-likeness (QED) is 0.685. The molecular formula is C25H28F3N3O2. The van der Waals surface area contributed by atoms with Crippen LogP contribution in [0.25, 0.3) is 0 Å². The van der Waals surface area contributed by atoms with E-state index in [0.717, 1.165) is 30.9 Å². The predicted molar refractivity (Wildman–Crippen MR) is 121 cm³/mol. The lowest BCUT2D eigenvalue weighted by molar-refractivity contribution is -0.137. The lowest BCUT2D eigenvalue weighted by atomic mass is 9.95. The third kappa shape index (κ3) is 5.67. The number of benzene rings is 2. The SMILES string of the molecule is O=C(Nc1ccc(N2CCCCC2)cc1)C1CCN(C(=O)c2ccc(C(F)(F)F)cc2)CC1. The van der Waals surface area contributed by atoms with Gasteiger partial charge in [-0.1, -0.05) is 0 Å². The van der Waals surface area contributed by atoms with Crippen LogP contribution in [0.3, 0.4) is 0 Å². The molecule has 2 fully saturated rings. The number of nitrogens with zero attached hydrogens (tertiary/aromatic N) is 2. The van der Waals surface area contributed by atoms with Crippen molar-refractivity contribution in [1.82, 2.24) is 4.90 Å². The number of amides is 2. The first kappa shape index (κ1) is 23.1. The number of halogens is 3. The molecule has 8 heteroatoms. The van der Waals surface area contributed by atoms with Gasteiger partial charge in [0.05, 0.1) is 5.56 Å². The number of carbonyl (C=O) groups excluding carboxylic acids is 2. The molecule has 0 spiro atoms. The number of hydrogen-bond donors (Lipinski definition) is 1. The molecule has 2 aromatic carbocycles. The first-order valence-electron chi connectivity index (χ1n) is 11.4. The summed E-state index contributed by atoms with van der Waals surface area (Å²) in [5.74, 6) is -0.582. The molecule has 0 unspecified atom stereocenters. The van der Waals surface area contributed by atoms with Gasteiger partial charge >= 0.3 is 6.18 Å². The van der Waals surface area contributed by atoms with Gasteiger partial charge in [-0.2, -0.15) is 13.2 Å². The molecule has 33 heavy (non-hydrogen) atoms. The van der Waals surface area contributed by atoms with Gasteiger partial charge < -0.3 is 15.1 Å². The van der Waals surface area contributed by atoms with E-state index in [2.05, 4.69) is 10.2 Å². The molecule has 0 atom stereocenters. The topological polar surface area (TPSA) is 52.7 Å². The average molecular weight is 460 g/mol. The summed E-state index contributed by atoms with van der Waals surface area (Å²) in [5.41, 5.74) is 1.37. The third-order valence-corrected chi connectivity index (χ3v) is 6.47. The van der Waals surface area contributed by atoms with Gasteiger partial charge in [-0.3, -0.25) is 9.59 Å². The molecule has 2 aliphatic heterocycles. The highest BCUT2D eigenvalue weighted by molar-refractivity contribution is 5.95. The normalized spacial score (nSPS) is 17.7. The van der Waals surface area contributed by atoms with Crippen molar-refractivity contribution in [2.45, 2.75) is 38.3 Å². The molecule has 2 aromatic rings. The Hall–Kier alpha value is -3.03. The zero-order valence-electron chi connectivity index (χ0n) is 18.4. The second kappa shape index (κ2) is 9.85. The number of anilines is 2. The van der Waals surface area contributed by atoms with Gasteiger partial charge in [-0.15, -0.1) is 0 Å². The van der Waals surface area contributed by atoms with Crippen LogP contribution in [0, 0.1) is 5.92 Å². The smallest absolute Gasteiger partial charge is 0.372 e. The average Bonchev–Trinajstić information content (AvgIpc) is 2.84. The number of likely N-dealkylation sites (tertiary alicyclic amines) is 1. The number of carbonyl (C=O) groups is 2. The fraction of sp³-hybridized carbons (Fsp3) is 0.440. The Labute approximate surface area is 191 Å². The fourth-order valence-corrected chi connectivity index (χ4v) is 4.48. The summed E-state index contributed by atoms with van der Waals surface area (Å²) in [4.78, 5) is 29.3. The predicted octanol–water partition coefficient (Wildman–Crippen LogP) is 5.19. The van der Waals surface area contributed by atoms with E-state index in [1.54, 1.807) is 4.90 Å². The number of piperidine rings is 2. The lowest BCUT2D eigenvalue weighted by Crippen LogP contribution is -2.41. The minimum atomic E-state index is -4.43. The molecule has 0 saturated carbocycles. The van der Waals surface area contributed by atoms with Crippen LogP contribution in [0.4, 0.5) is 24.5 Å². The maximum atomic E-state index is 12.7. The van der Waals surface area contributed by atoms with E-state index in [0.29, 0.717) is 25.9 Å². The van der Waals surface area contributed by atoms with Crippen LogP contribution in [0.15, 0.2) is 48.5 Å². The zero-order chi connectivity index (χ0) is 23.4. The Morgan fingerprint density at radius 3 is 2.00 bits per heavy atom. The second-order valence-corrected chi connectivity index (χ2v) is 8.73. The molecule has 0 aromatic heterocycles. The summed E-state index contributed by atoms with van der Waals surface area (Å²) in [6.07, 6.45) is 0.297. The van der Waals surface area contributed by atoms with E-state index < -0.39 is 11.7 Å². The van der Waals surface area contributed by atoms with E-state index in [-0.39, 0.29) is 23.3 Å². The molecule has 0 radical (unpaired) electrons. The van der Waals surface area contributed by atoms with Gasteiger partial charge in [0.15, 0.2) is 0 Å². The molecule has 5 nitrogen and oxygen atoms in total. The van der Waals surface area contributed by atoms with E-state index in [1.165, 1.54) is 37.1 Å². The summed E-state index contributed by atoms with van der Waals surface area (Å²) in [5, 5.41) is 2.97. The first-order valence-corrected chi connectivity index (χ1v) is 11.4. The highest BCUT2D eigenvalue weighted by Crippen LogP contribution is 2.30. The summed E-state index contributed by atoms with van der Waals surface area (Å²) < 4.78 is 38.2. The van der Waals surface area contributed by atoms with E-state index >= 15 is 0 Å². The van der Waals surface area contributed by atoms with Crippen molar-refractivity contribution < 1.29 is 22.8 Å². The summed E-state index contributed by atoms with van der Waals surface area (Å²) >= 11 is 0. The molecule has 2 saturated heterocycles. The molecule has 1 N–H and O–H groups in total. The van der Waals surface area contributed by atoms with Crippen LogP contribution in [-0.4, -0.2) is 42.9 Å². The number of alkyl halides is 3. The Bertz CT molecular complexity index is 960. The monoisotopic (exact) mass is 459 g/mol. The molecule has 4 rings (SSSR count). The largest absolute Gasteiger partial charge is 0.416 e. The Balaban J connectivity index is 1.27. The lowest BCUT2D eigenvalue weighted by Gasteiger charge is -2.31. The summed E-state index contributed by atoms with van der Waals surface area (Å²) in [7, 11) is 0. The van der Waals surface area contributed by atoms with E-state index in [1.807, 2.05) is 24.3 Å². The molecule has 2 heterocycles. The van der Waals surface area contributed by atoms with Gasteiger partial charge in [0.25, 0.3) is 5.91 Å². The summed E-state index contributed by atoms with van der Waals surface area (Å²) in [6, 6.07) is 12.2. The molecule has 2 amide bonds. The van der Waals surface area contributed by atoms with E-state index in [9.17, 15) is 22.8 Å². The van der Waals surface area contributed by atoms with Crippen molar-refractivity contribution in [2.75, 3.05) is 36.4 Å². The van der Waals surface area contributed by atoms with Crippen molar-refractivity contribution in [3.8, 4) is 0 Å². The maximum absolute atomic E-state index is 12.7. The van der Waals surface area contributed by atoms with Gasteiger partial charge in [-0.05, 0) is 80.6 Å². The standard InChI is InChI=1S/C25H28F3N3O2/c26-25(27,28)20-6-4-19(5-7-20)24(33)31-16-12-18(13-17-31)23(32)29-21-8-10-22(11-9-21)30-14-2-1-3-15-30/h4-11,18H,1-3,12-17H2,(H,29,32). The highest BCUT2D eigenvalue weighted by Gasteiger charge is 2.31. The third-order valence-electron chi connectivity index (χ3n) is 6.47. The van der Waals surface area contributed by atoms with E-state index in [4.69, 9.17) is 0 Å². The van der Waals surface area contributed by atoms with Crippen molar-refractivity contribution in [3.05, 3.63) is 59.7 Å². The van der Waals surface area contributed by atoms with Crippen LogP contribution in [0.2, 0.25) is 0 Å². The number of rotatable bonds is 4. The second-order valence-electron chi connectivity index (χ2n) is 8.73. The van der Waals surface area contributed by atoms with Crippen molar-refractivity contribution in [2.24, 2.45) is 5.92 Å². The summed E-state index contributed by atoms with van der Waals surface area (Å²) in [6.45, 7) is 2.92. The van der Waals surface area contributed by atoms with Crippen LogP contribution in [-0.2, 0) is 11.0 Å².